The van der Waals surface area contributed by atoms with Gasteiger partial charge in [0.05, 0.1) is 5.75 Å². The molecule has 0 bridgehead atoms. The summed E-state index contributed by atoms with van der Waals surface area (Å²) in [7, 11) is 2.04. The van der Waals surface area contributed by atoms with Crippen LogP contribution in [0.5, 0.6) is 0 Å². The van der Waals surface area contributed by atoms with Crippen LogP contribution in [0.1, 0.15) is 37.7 Å². The molecule has 0 aliphatic carbocycles. The maximum atomic E-state index is 4.36. The zero-order chi connectivity index (χ0) is 14.4. The van der Waals surface area contributed by atoms with Crippen LogP contribution in [0.2, 0.25) is 0 Å². The van der Waals surface area contributed by atoms with Crippen molar-refractivity contribution >= 4 is 11.8 Å². The van der Waals surface area contributed by atoms with Crippen LogP contribution in [0.15, 0.2) is 41.6 Å². The molecular formula is C16H23N3S. The van der Waals surface area contributed by atoms with Crippen LogP contribution < -0.4 is 5.32 Å². The highest BCUT2D eigenvalue weighted by atomic mass is 32.2. The van der Waals surface area contributed by atoms with E-state index in [1.165, 1.54) is 10.5 Å². The van der Waals surface area contributed by atoms with Crippen LogP contribution in [0.25, 0.3) is 0 Å². The zero-order valence-corrected chi connectivity index (χ0v) is 13.3. The van der Waals surface area contributed by atoms with Gasteiger partial charge in [-0.05, 0) is 37.6 Å². The lowest BCUT2D eigenvalue weighted by atomic mass is 10.1. The number of nitrogens with zero attached hydrogens (tertiary/aromatic N) is 2. The minimum Gasteiger partial charge on any atom is -0.337 e. The SMILES string of the molecule is CCCNC(C)c1cccc(SCc2nccn2C)c1. The lowest BCUT2D eigenvalue weighted by Gasteiger charge is -2.14. The van der Waals surface area contributed by atoms with Crippen molar-refractivity contribution in [2.24, 2.45) is 7.05 Å². The topological polar surface area (TPSA) is 29.9 Å². The quantitative estimate of drug-likeness (QED) is 0.787. The maximum Gasteiger partial charge on any atom is 0.118 e. The van der Waals surface area contributed by atoms with Crippen LogP contribution in [0, 0.1) is 0 Å². The first kappa shape index (κ1) is 15.1. The Hall–Kier alpha value is -1.26. The minimum absolute atomic E-state index is 0.406. The van der Waals surface area contributed by atoms with Crippen molar-refractivity contribution in [3.8, 4) is 0 Å². The number of thioether (sulfide) groups is 1. The van der Waals surface area contributed by atoms with E-state index >= 15 is 0 Å². The summed E-state index contributed by atoms with van der Waals surface area (Å²) < 4.78 is 2.07. The molecule has 0 radical (unpaired) electrons. The number of benzene rings is 1. The largest absolute Gasteiger partial charge is 0.337 e. The lowest BCUT2D eigenvalue weighted by molar-refractivity contribution is 0.570. The van der Waals surface area contributed by atoms with Crippen molar-refractivity contribution in [3.05, 3.63) is 48.0 Å². The van der Waals surface area contributed by atoms with Gasteiger partial charge >= 0.3 is 0 Å². The third-order valence-electron chi connectivity index (χ3n) is 3.35. The third kappa shape index (κ3) is 4.12. The molecule has 3 nitrogen and oxygen atoms in total. The van der Waals surface area contributed by atoms with Gasteiger partial charge in [0, 0.05) is 30.4 Å². The normalized spacial score (nSPS) is 12.6. The highest BCUT2D eigenvalue weighted by Crippen LogP contribution is 2.25. The van der Waals surface area contributed by atoms with Gasteiger partial charge in [0.1, 0.15) is 5.82 Å². The minimum atomic E-state index is 0.406. The summed E-state index contributed by atoms with van der Waals surface area (Å²) in [4.78, 5) is 5.66. The second-order valence-corrected chi connectivity index (χ2v) is 6.04. The molecule has 0 spiro atoms. The Balaban J connectivity index is 1.97. The van der Waals surface area contributed by atoms with E-state index in [1.807, 2.05) is 31.2 Å². The number of nitrogens with one attached hydrogen (secondary N) is 1. The van der Waals surface area contributed by atoms with Crippen LogP contribution in [-0.2, 0) is 12.8 Å². The van der Waals surface area contributed by atoms with Gasteiger partial charge in [-0.1, -0.05) is 19.1 Å². The molecule has 0 aliphatic rings. The van der Waals surface area contributed by atoms with Gasteiger partial charge in [-0.2, -0.15) is 0 Å². The monoisotopic (exact) mass is 289 g/mol. The molecule has 2 rings (SSSR count). The van der Waals surface area contributed by atoms with Crippen molar-refractivity contribution in [3.63, 3.8) is 0 Å². The van der Waals surface area contributed by atoms with Crippen molar-refractivity contribution in [1.82, 2.24) is 14.9 Å². The standard InChI is InChI=1S/C16H23N3S/c1-4-8-17-13(2)14-6-5-7-15(11-14)20-12-16-18-9-10-19(16)3/h5-7,9-11,13,17H,4,8,12H2,1-3H3. The van der Waals surface area contributed by atoms with Crippen LogP contribution in [0.3, 0.4) is 0 Å². The Labute approximate surface area is 125 Å². The average molecular weight is 289 g/mol. The summed E-state index contributed by atoms with van der Waals surface area (Å²) in [6.45, 7) is 5.48. The van der Waals surface area contributed by atoms with Crippen LogP contribution in [0.4, 0.5) is 0 Å². The van der Waals surface area contributed by atoms with Gasteiger partial charge in [0.2, 0.25) is 0 Å². The molecule has 0 aliphatic heterocycles. The number of rotatable bonds is 7. The Morgan fingerprint density at radius 1 is 1.40 bits per heavy atom. The first-order valence-electron chi connectivity index (χ1n) is 7.13. The van der Waals surface area contributed by atoms with Crippen LogP contribution >= 0.6 is 11.8 Å². The van der Waals surface area contributed by atoms with E-state index in [0.29, 0.717) is 6.04 Å². The highest BCUT2D eigenvalue weighted by Gasteiger charge is 2.06. The van der Waals surface area contributed by atoms with E-state index in [1.54, 1.807) is 0 Å². The fourth-order valence-electron chi connectivity index (χ4n) is 2.04. The van der Waals surface area contributed by atoms with E-state index < -0.39 is 0 Å². The third-order valence-corrected chi connectivity index (χ3v) is 4.34. The fourth-order valence-corrected chi connectivity index (χ4v) is 3.00. The summed E-state index contributed by atoms with van der Waals surface area (Å²) in [6, 6.07) is 9.19. The summed E-state index contributed by atoms with van der Waals surface area (Å²) in [5.41, 5.74) is 1.35. The molecule has 108 valence electrons. The lowest BCUT2D eigenvalue weighted by Crippen LogP contribution is -2.19. The maximum absolute atomic E-state index is 4.36. The molecule has 1 aromatic heterocycles. The molecule has 1 atom stereocenters. The number of aromatic nitrogens is 2. The first-order chi connectivity index (χ1) is 9.70. The van der Waals surface area contributed by atoms with E-state index in [4.69, 9.17) is 0 Å². The molecule has 1 aromatic carbocycles. The molecule has 2 aromatic rings. The van der Waals surface area contributed by atoms with E-state index in [-0.39, 0.29) is 0 Å². The predicted octanol–water partition coefficient (Wildman–Crippen LogP) is 3.77. The highest BCUT2D eigenvalue weighted by molar-refractivity contribution is 7.98. The van der Waals surface area contributed by atoms with Gasteiger partial charge in [0.15, 0.2) is 0 Å². The molecule has 1 unspecified atom stereocenters. The van der Waals surface area contributed by atoms with Gasteiger partial charge < -0.3 is 9.88 Å². The van der Waals surface area contributed by atoms with Crippen molar-refractivity contribution in [1.29, 1.82) is 0 Å². The molecule has 0 saturated carbocycles. The molecule has 20 heavy (non-hydrogen) atoms. The zero-order valence-electron chi connectivity index (χ0n) is 12.5. The van der Waals surface area contributed by atoms with Gasteiger partial charge in [-0.25, -0.2) is 4.98 Å². The summed E-state index contributed by atoms with van der Waals surface area (Å²) >= 11 is 1.84. The number of aryl methyl sites for hydroxylation is 1. The summed E-state index contributed by atoms with van der Waals surface area (Å²) in [5, 5.41) is 3.53. The second-order valence-electron chi connectivity index (χ2n) is 4.99. The van der Waals surface area contributed by atoms with Crippen molar-refractivity contribution in [2.45, 2.75) is 37.0 Å². The summed E-state index contributed by atoms with van der Waals surface area (Å²) in [5.74, 6) is 2.02. The van der Waals surface area contributed by atoms with Crippen molar-refractivity contribution < 1.29 is 0 Å². The molecular weight excluding hydrogens is 266 g/mol. The molecule has 4 heteroatoms. The van der Waals surface area contributed by atoms with E-state index in [9.17, 15) is 0 Å². The number of imidazole rings is 1. The Kier molecular flexibility index (Phi) is 5.68. The van der Waals surface area contributed by atoms with Crippen molar-refractivity contribution in [2.75, 3.05) is 6.54 Å². The van der Waals surface area contributed by atoms with Gasteiger partial charge in [0.25, 0.3) is 0 Å². The van der Waals surface area contributed by atoms with E-state index in [2.05, 4.69) is 53.0 Å². The Morgan fingerprint density at radius 2 is 2.25 bits per heavy atom. The summed E-state index contributed by atoms with van der Waals surface area (Å²) in [6.07, 6.45) is 5.00. The van der Waals surface area contributed by atoms with Crippen LogP contribution in [-0.4, -0.2) is 16.1 Å². The van der Waals surface area contributed by atoms with E-state index in [0.717, 1.165) is 24.5 Å². The molecule has 0 fully saturated rings. The first-order valence-corrected chi connectivity index (χ1v) is 8.11. The second kappa shape index (κ2) is 7.50. The van der Waals surface area contributed by atoms with Gasteiger partial charge in [-0.3, -0.25) is 0 Å². The number of hydrogen-bond donors (Lipinski definition) is 1. The predicted molar refractivity (Wildman–Crippen MR) is 85.9 cm³/mol. The molecule has 1 heterocycles. The molecule has 1 N–H and O–H groups in total. The Bertz CT molecular complexity index is 536. The molecule has 0 amide bonds. The molecule has 0 saturated heterocycles. The number of hydrogen-bond acceptors (Lipinski definition) is 3. The van der Waals surface area contributed by atoms with Gasteiger partial charge in [-0.15, -0.1) is 11.8 Å². The average Bonchev–Trinajstić information content (AvgIpc) is 2.88. The Morgan fingerprint density at radius 3 is 2.95 bits per heavy atom. The fraction of sp³-hybridized carbons (Fsp3) is 0.438. The smallest absolute Gasteiger partial charge is 0.118 e.